The molecule has 6 heteroatoms. The normalized spacial score (nSPS) is 24.4. The summed E-state index contributed by atoms with van der Waals surface area (Å²) < 4.78 is 6.92. The first kappa shape index (κ1) is 15.3. The van der Waals surface area contributed by atoms with Crippen LogP contribution in [-0.4, -0.2) is 40.8 Å². The lowest BCUT2D eigenvalue weighted by atomic mass is 10.2. The van der Waals surface area contributed by atoms with Crippen LogP contribution in [0.25, 0.3) is 10.2 Å². The Bertz CT molecular complexity index is 663. The lowest BCUT2D eigenvalue weighted by Gasteiger charge is -2.27. The molecule has 2 aromatic rings. The van der Waals surface area contributed by atoms with Gasteiger partial charge in [0.2, 0.25) is 0 Å². The molecule has 0 bridgehead atoms. The Balaban J connectivity index is 1.46. The standard InChI is InChI=1S/C17H21N3OS2/c22-17(18-11-12-5-4-10-21-12)20-9-3-7-14(20)16-19-13-6-1-2-8-15(13)23-16/h1-2,6,8,12,14H,3-5,7,9-11H2,(H,18,22). The van der Waals surface area contributed by atoms with E-state index >= 15 is 0 Å². The van der Waals surface area contributed by atoms with E-state index in [1.54, 1.807) is 11.3 Å². The zero-order valence-corrected chi connectivity index (χ0v) is 14.7. The number of ether oxygens (including phenoxy) is 1. The van der Waals surface area contributed by atoms with Crippen molar-refractivity contribution in [2.24, 2.45) is 0 Å². The first-order chi connectivity index (χ1) is 11.3. The lowest BCUT2D eigenvalue weighted by Crippen LogP contribution is -2.42. The molecule has 4 nitrogen and oxygen atoms in total. The van der Waals surface area contributed by atoms with Crippen LogP contribution in [-0.2, 0) is 4.74 Å². The SMILES string of the molecule is S=C(NCC1CCCO1)N1CCCC1c1nc2ccccc2s1. The smallest absolute Gasteiger partial charge is 0.169 e. The third-order valence-electron chi connectivity index (χ3n) is 4.61. The number of para-hydroxylation sites is 1. The van der Waals surface area contributed by atoms with Crippen LogP contribution in [0.4, 0.5) is 0 Å². The van der Waals surface area contributed by atoms with Gasteiger partial charge in [-0.25, -0.2) is 4.98 Å². The molecule has 2 atom stereocenters. The average molecular weight is 348 g/mol. The van der Waals surface area contributed by atoms with E-state index in [0.29, 0.717) is 12.1 Å². The van der Waals surface area contributed by atoms with E-state index in [0.717, 1.165) is 49.6 Å². The van der Waals surface area contributed by atoms with Crippen LogP contribution in [0, 0.1) is 0 Å². The van der Waals surface area contributed by atoms with Crippen molar-refractivity contribution in [1.29, 1.82) is 0 Å². The molecule has 1 N–H and O–H groups in total. The number of hydrogen-bond donors (Lipinski definition) is 1. The maximum absolute atomic E-state index is 5.67. The highest BCUT2D eigenvalue weighted by Crippen LogP contribution is 2.36. The molecule has 1 aromatic heterocycles. The second kappa shape index (κ2) is 6.71. The van der Waals surface area contributed by atoms with Gasteiger partial charge in [-0.15, -0.1) is 11.3 Å². The summed E-state index contributed by atoms with van der Waals surface area (Å²) in [4.78, 5) is 7.14. The van der Waals surface area contributed by atoms with Crippen LogP contribution in [0.2, 0.25) is 0 Å². The van der Waals surface area contributed by atoms with Crippen molar-refractivity contribution in [2.45, 2.75) is 37.8 Å². The van der Waals surface area contributed by atoms with Gasteiger partial charge in [-0.05, 0) is 50.0 Å². The minimum atomic E-state index is 0.316. The van der Waals surface area contributed by atoms with Gasteiger partial charge in [-0.2, -0.15) is 0 Å². The number of fused-ring (bicyclic) bond motifs is 1. The second-order valence-electron chi connectivity index (χ2n) is 6.19. The highest BCUT2D eigenvalue weighted by atomic mass is 32.1. The van der Waals surface area contributed by atoms with Crippen LogP contribution in [0.3, 0.4) is 0 Å². The van der Waals surface area contributed by atoms with E-state index in [1.165, 1.54) is 16.1 Å². The van der Waals surface area contributed by atoms with Crippen molar-refractivity contribution in [3.8, 4) is 0 Å². The molecule has 122 valence electrons. The molecule has 2 unspecified atom stereocenters. The van der Waals surface area contributed by atoms with E-state index in [1.807, 2.05) is 6.07 Å². The maximum atomic E-state index is 5.67. The molecule has 3 heterocycles. The van der Waals surface area contributed by atoms with Crippen LogP contribution >= 0.6 is 23.6 Å². The van der Waals surface area contributed by atoms with Crippen molar-refractivity contribution in [3.63, 3.8) is 0 Å². The predicted molar refractivity (Wildman–Crippen MR) is 97.9 cm³/mol. The van der Waals surface area contributed by atoms with Gasteiger partial charge >= 0.3 is 0 Å². The number of hydrogen-bond acceptors (Lipinski definition) is 4. The highest BCUT2D eigenvalue weighted by molar-refractivity contribution is 7.80. The Morgan fingerprint density at radius 3 is 3.09 bits per heavy atom. The number of rotatable bonds is 3. The summed E-state index contributed by atoms with van der Waals surface area (Å²) in [6.07, 6.45) is 4.91. The molecular formula is C17H21N3OS2. The van der Waals surface area contributed by atoms with Crippen molar-refractivity contribution < 1.29 is 4.74 Å². The van der Waals surface area contributed by atoms with Gasteiger partial charge in [0.25, 0.3) is 0 Å². The van der Waals surface area contributed by atoms with Crippen LogP contribution in [0.1, 0.15) is 36.7 Å². The first-order valence-corrected chi connectivity index (χ1v) is 9.55. The monoisotopic (exact) mass is 347 g/mol. The molecule has 2 aliphatic rings. The first-order valence-electron chi connectivity index (χ1n) is 8.33. The van der Waals surface area contributed by atoms with E-state index in [-0.39, 0.29) is 0 Å². The molecular weight excluding hydrogens is 326 g/mol. The van der Waals surface area contributed by atoms with Crippen LogP contribution in [0.5, 0.6) is 0 Å². The number of nitrogens with one attached hydrogen (secondary N) is 1. The number of thiocarbonyl (C=S) groups is 1. The fourth-order valence-electron chi connectivity index (χ4n) is 3.41. The fourth-order valence-corrected chi connectivity index (χ4v) is 4.82. The quantitative estimate of drug-likeness (QED) is 0.861. The predicted octanol–water partition coefficient (Wildman–Crippen LogP) is 3.49. The summed E-state index contributed by atoms with van der Waals surface area (Å²) >= 11 is 7.44. The number of aromatic nitrogens is 1. The summed E-state index contributed by atoms with van der Waals surface area (Å²) in [6, 6.07) is 8.67. The van der Waals surface area contributed by atoms with Crippen molar-refractivity contribution in [2.75, 3.05) is 19.7 Å². The molecule has 2 saturated heterocycles. The lowest BCUT2D eigenvalue weighted by molar-refractivity contribution is 0.113. The van der Waals surface area contributed by atoms with Crippen molar-refractivity contribution in [1.82, 2.24) is 15.2 Å². The Morgan fingerprint density at radius 2 is 2.26 bits per heavy atom. The summed E-state index contributed by atoms with van der Waals surface area (Å²) in [5.41, 5.74) is 1.09. The number of benzene rings is 1. The Labute approximate surface area is 145 Å². The summed E-state index contributed by atoms with van der Waals surface area (Å²) in [5, 5.41) is 5.44. The molecule has 0 amide bonds. The van der Waals surface area contributed by atoms with Gasteiger partial charge in [0.15, 0.2) is 5.11 Å². The summed E-state index contributed by atoms with van der Waals surface area (Å²) in [7, 11) is 0. The van der Waals surface area contributed by atoms with Crippen molar-refractivity contribution >= 4 is 38.9 Å². The Hall–Kier alpha value is -1.24. The number of nitrogens with zero attached hydrogens (tertiary/aromatic N) is 2. The average Bonchev–Trinajstić information content (AvgIpc) is 3.31. The Morgan fingerprint density at radius 1 is 1.35 bits per heavy atom. The van der Waals surface area contributed by atoms with E-state index in [9.17, 15) is 0 Å². The number of likely N-dealkylation sites (tertiary alicyclic amines) is 1. The van der Waals surface area contributed by atoms with E-state index < -0.39 is 0 Å². The topological polar surface area (TPSA) is 37.4 Å². The van der Waals surface area contributed by atoms with Gasteiger partial charge in [-0.1, -0.05) is 12.1 Å². The molecule has 1 aromatic carbocycles. The van der Waals surface area contributed by atoms with Crippen LogP contribution in [0.15, 0.2) is 24.3 Å². The molecule has 23 heavy (non-hydrogen) atoms. The molecule has 0 spiro atoms. The minimum absolute atomic E-state index is 0.316. The molecule has 2 fully saturated rings. The van der Waals surface area contributed by atoms with Gasteiger partial charge in [0.1, 0.15) is 5.01 Å². The second-order valence-corrected chi connectivity index (χ2v) is 7.64. The maximum Gasteiger partial charge on any atom is 0.169 e. The largest absolute Gasteiger partial charge is 0.376 e. The molecule has 2 aliphatic heterocycles. The van der Waals surface area contributed by atoms with Crippen molar-refractivity contribution in [3.05, 3.63) is 29.3 Å². The van der Waals surface area contributed by atoms with Gasteiger partial charge in [0, 0.05) is 19.7 Å². The minimum Gasteiger partial charge on any atom is -0.376 e. The number of thiazole rings is 1. The third-order valence-corrected chi connectivity index (χ3v) is 6.13. The van der Waals surface area contributed by atoms with E-state index in [2.05, 4.69) is 28.4 Å². The summed E-state index contributed by atoms with van der Waals surface area (Å²) in [6.45, 7) is 2.72. The Kier molecular flexibility index (Phi) is 4.46. The molecule has 0 aliphatic carbocycles. The third kappa shape index (κ3) is 3.20. The van der Waals surface area contributed by atoms with Gasteiger partial charge < -0.3 is 15.0 Å². The summed E-state index contributed by atoms with van der Waals surface area (Å²) in [5.74, 6) is 0. The van der Waals surface area contributed by atoms with Gasteiger partial charge in [0.05, 0.1) is 22.4 Å². The highest BCUT2D eigenvalue weighted by Gasteiger charge is 2.30. The van der Waals surface area contributed by atoms with Crippen LogP contribution < -0.4 is 5.32 Å². The fraction of sp³-hybridized carbons (Fsp3) is 0.529. The van der Waals surface area contributed by atoms with Gasteiger partial charge in [-0.3, -0.25) is 0 Å². The molecule has 4 rings (SSSR count). The zero-order valence-electron chi connectivity index (χ0n) is 13.0. The molecule has 0 saturated carbocycles. The molecule has 0 radical (unpaired) electrons. The zero-order chi connectivity index (χ0) is 15.6. The van der Waals surface area contributed by atoms with E-state index in [4.69, 9.17) is 21.9 Å².